The summed E-state index contributed by atoms with van der Waals surface area (Å²) in [6.07, 6.45) is 0. The van der Waals surface area contributed by atoms with Crippen LogP contribution in [0.15, 0.2) is 71.2 Å². The monoisotopic (exact) mass is 474 g/mol. The molecule has 5 heteroatoms. The molecule has 0 unspecified atom stereocenters. The van der Waals surface area contributed by atoms with E-state index >= 15 is 0 Å². The summed E-state index contributed by atoms with van der Waals surface area (Å²) in [5.41, 5.74) is 6.12. The van der Waals surface area contributed by atoms with Crippen LogP contribution < -0.4 is 10.1 Å². The van der Waals surface area contributed by atoms with Crippen LogP contribution in [0.2, 0.25) is 0 Å². The third kappa shape index (κ3) is 4.47. The first-order valence-electron chi connectivity index (χ1n) is 10.2. The van der Waals surface area contributed by atoms with Crippen LogP contribution in [0.3, 0.4) is 0 Å². The van der Waals surface area contributed by atoms with Crippen LogP contribution in [0.4, 0.5) is 5.69 Å². The van der Waals surface area contributed by atoms with Crippen molar-refractivity contribution < 1.29 is 9.53 Å². The van der Waals surface area contributed by atoms with Gasteiger partial charge in [-0.1, -0.05) is 40.2 Å². The number of carbonyl (C=O) groups is 1. The number of aromatic nitrogens is 1. The lowest BCUT2D eigenvalue weighted by Crippen LogP contribution is -2.14. The Balaban J connectivity index is 1.83. The van der Waals surface area contributed by atoms with E-state index in [0.717, 1.165) is 26.6 Å². The molecule has 156 valence electrons. The van der Waals surface area contributed by atoms with Gasteiger partial charge in [-0.05, 0) is 74.4 Å². The highest BCUT2D eigenvalue weighted by molar-refractivity contribution is 9.10. The molecule has 1 N–H and O–H groups in total. The normalized spacial score (nSPS) is 10.8. The Bertz CT molecular complexity index is 1280. The number of nitrogens with zero attached hydrogens (tertiary/aromatic N) is 1. The number of carbonyl (C=O) groups excluding carboxylic acids is 1. The Labute approximate surface area is 190 Å². The van der Waals surface area contributed by atoms with E-state index in [1.807, 2.05) is 61.5 Å². The van der Waals surface area contributed by atoms with E-state index in [2.05, 4.69) is 47.2 Å². The minimum Gasteiger partial charge on any atom is -0.492 e. The van der Waals surface area contributed by atoms with Crippen LogP contribution in [0.5, 0.6) is 5.75 Å². The van der Waals surface area contributed by atoms with Crippen molar-refractivity contribution in [3.05, 3.63) is 87.9 Å². The summed E-state index contributed by atoms with van der Waals surface area (Å²) in [4.78, 5) is 18.2. The molecule has 3 aromatic carbocycles. The van der Waals surface area contributed by atoms with Gasteiger partial charge in [-0.3, -0.25) is 4.79 Å². The van der Waals surface area contributed by atoms with E-state index in [1.54, 1.807) is 0 Å². The molecule has 0 aliphatic rings. The Morgan fingerprint density at radius 3 is 2.58 bits per heavy atom. The van der Waals surface area contributed by atoms with Crippen molar-refractivity contribution >= 4 is 38.4 Å². The Morgan fingerprint density at radius 2 is 1.81 bits per heavy atom. The number of hydrogen-bond acceptors (Lipinski definition) is 3. The van der Waals surface area contributed by atoms with Gasteiger partial charge in [0.25, 0.3) is 5.91 Å². The van der Waals surface area contributed by atoms with E-state index in [9.17, 15) is 4.79 Å². The summed E-state index contributed by atoms with van der Waals surface area (Å²) < 4.78 is 6.56. The molecule has 0 saturated carbocycles. The highest BCUT2D eigenvalue weighted by Crippen LogP contribution is 2.30. The maximum Gasteiger partial charge on any atom is 0.256 e. The molecule has 0 spiro atoms. The molecular formula is C26H23BrN2O2. The molecule has 0 saturated heterocycles. The summed E-state index contributed by atoms with van der Waals surface area (Å²) >= 11 is 3.52. The maximum absolute atomic E-state index is 13.4. The molecular weight excluding hydrogens is 452 g/mol. The first-order valence-corrected chi connectivity index (χ1v) is 11.0. The summed E-state index contributed by atoms with van der Waals surface area (Å²) in [5.74, 6) is 0.440. The third-order valence-electron chi connectivity index (χ3n) is 5.25. The first-order chi connectivity index (χ1) is 15.0. The highest BCUT2D eigenvalue weighted by atomic mass is 79.9. The second kappa shape index (κ2) is 8.90. The Morgan fingerprint density at radius 1 is 1.00 bits per heavy atom. The number of ether oxygens (including phenoxy) is 1. The van der Waals surface area contributed by atoms with Crippen molar-refractivity contribution in [1.29, 1.82) is 0 Å². The predicted octanol–water partition coefficient (Wildman–Crippen LogP) is 6.93. The standard InChI is InChI=1S/C26H23BrN2O2/c1-4-31-25-8-6-5-7-23(25)29-26(30)21-15-24(18-10-9-16(2)17(3)13-18)28-22-12-11-19(27)14-20(21)22/h5-15H,4H2,1-3H3,(H,29,30). The second-order valence-corrected chi connectivity index (χ2v) is 8.31. The molecule has 4 nitrogen and oxygen atoms in total. The highest BCUT2D eigenvalue weighted by Gasteiger charge is 2.16. The number of pyridine rings is 1. The number of benzene rings is 3. The number of anilines is 1. The number of aryl methyl sites for hydroxylation is 2. The maximum atomic E-state index is 13.4. The molecule has 0 atom stereocenters. The second-order valence-electron chi connectivity index (χ2n) is 7.40. The van der Waals surface area contributed by atoms with Crippen LogP contribution in [0.1, 0.15) is 28.4 Å². The minimum absolute atomic E-state index is 0.206. The number of fused-ring (bicyclic) bond motifs is 1. The fourth-order valence-electron chi connectivity index (χ4n) is 3.48. The van der Waals surface area contributed by atoms with E-state index < -0.39 is 0 Å². The van der Waals surface area contributed by atoms with Gasteiger partial charge in [0.1, 0.15) is 5.75 Å². The van der Waals surface area contributed by atoms with Crippen LogP contribution in [-0.2, 0) is 0 Å². The molecule has 0 aliphatic heterocycles. The zero-order chi connectivity index (χ0) is 22.0. The van der Waals surface area contributed by atoms with Crippen molar-refractivity contribution in [2.75, 3.05) is 11.9 Å². The van der Waals surface area contributed by atoms with Gasteiger partial charge in [-0.25, -0.2) is 4.98 Å². The van der Waals surface area contributed by atoms with Crippen molar-refractivity contribution in [2.45, 2.75) is 20.8 Å². The molecule has 4 rings (SSSR count). The molecule has 0 radical (unpaired) electrons. The first kappa shape index (κ1) is 21.1. The van der Waals surface area contributed by atoms with Crippen LogP contribution >= 0.6 is 15.9 Å². The fourth-order valence-corrected chi connectivity index (χ4v) is 3.84. The molecule has 1 heterocycles. The van der Waals surface area contributed by atoms with E-state index in [-0.39, 0.29) is 5.91 Å². The molecule has 4 aromatic rings. The smallest absolute Gasteiger partial charge is 0.256 e. The lowest BCUT2D eigenvalue weighted by atomic mass is 10.0. The number of rotatable bonds is 5. The fraction of sp³-hybridized carbons (Fsp3) is 0.154. The predicted molar refractivity (Wildman–Crippen MR) is 130 cm³/mol. The quantitative estimate of drug-likeness (QED) is 0.341. The Kier molecular flexibility index (Phi) is 6.05. The topological polar surface area (TPSA) is 51.2 Å². The lowest BCUT2D eigenvalue weighted by molar-refractivity contribution is 0.102. The number of hydrogen-bond donors (Lipinski definition) is 1. The molecule has 31 heavy (non-hydrogen) atoms. The molecule has 1 amide bonds. The summed E-state index contributed by atoms with van der Waals surface area (Å²) in [7, 11) is 0. The number of halogens is 1. The Hall–Kier alpha value is -3.18. The number of amides is 1. The van der Waals surface area contributed by atoms with Crippen molar-refractivity contribution in [3.8, 4) is 17.0 Å². The van der Waals surface area contributed by atoms with Gasteiger partial charge in [0, 0.05) is 15.4 Å². The van der Waals surface area contributed by atoms with E-state index in [0.29, 0.717) is 23.6 Å². The van der Waals surface area contributed by atoms with Gasteiger partial charge in [0.05, 0.1) is 29.1 Å². The van der Waals surface area contributed by atoms with Gasteiger partial charge in [-0.2, -0.15) is 0 Å². The molecule has 0 aliphatic carbocycles. The van der Waals surface area contributed by atoms with Crippen LogP contribution in [-0.4, -0.2) is 17.5 Å². The average molecular weight is 475 g/mol. The minimum atomic E-state index is -0.206. The summed E-state index contributed by atoms with van der Waals surface area (Å²) in [6, 6.07) is 21.3. The average Bonchev–Trinajstić information content (AvgIpc) is 2.76. The van der Waals surface area contributed by atoms with Gasteiger partial charge < -0.3 is 10.1 Å². The summed E-state index contributed by atoms with van der Waals surface area (Å²) in [5, 5.41) is 3.80. The van der Waals surface area contributed by atoms with Crippen LogP contribution in [0, 0.1) is 13.8 Å². The number of para-hydroxylation sites is 2. The van der Waals surface area contributed by atoms with E-state index in [4.69, 9.17) is 9.72 Å². The van der Waals surface area contributed by atoms with Crippen molar-refractivity contribution in [1.82, 2.24) is 4.98 Å². The third-order valence-corrected chi connectivity index (χ3v) is 5.75. The van der Waals surface area contributed by atoms with Gasteiger partial charge in [0.2, 0.25) is 0 Å². The van der Waals surface area contributed by atoms with Gasteiger partial charge in [0.15, 0.2) is 0 Å². The summed E-state index contributed by atoms with van der Waals surface area (Å²) in [6.45, 7) is 6.60. The van der Waals surface area contributed by atoms with E-state index in [1.165, 1.54) is 11.1 Å². The van der Waals surface area contributed by atoms with Crippen LogP contribution in [0.25, 0.3) is 22.2 Å². The molecule has 1 aromatic heterocycles. The zero-order valence-electron chi connectivity index (χ0n) is 17.7. The SMILES string of the molecule is CCOc1ccccc1NC(=O)c1cc(-c2ccc(C)c(C)c2)nc2ccc(Br)cc12. The largest absolute Gasteiger partial charge is 0.492 e. The molecule has 0 bridgehead atoms. The van der Waals surface area contributed by atoms with Crippen molar-refractivity contribution in [3.63, 3.8) is 0 Å². The van der Waals surface area contributed by atoms with Gasteiger partial charge in [-0.15, -0.1) is 0 Å². The lowest BCUT2D eigenvalue weighted by Gasteiger charge is -2.14. The zero-order valence-corrected chi connectivity index (χ0v) is 19.3. The number of nitrogens with one attached hydrogen (secondary N) is 1. The molecule has 0 fully saturated rings. The van der Waals surface area contributed by atoms with Gasteiger partial charge >= 0.3 is 0 Å². The van der Waals surface area contributed by atoms with Crippen molar-refractivity contribution in [2.24, 2.45) is 0 Å².